The number of imide groups is 1. The van der Waals surface area contributed by atoms with Gasteiger partial charge in [0.25, 0.3) is 5.91 Å². The van der Waals surface area contributed by atoms with Crippen LogP contribution in [0, 0.1) is 12.8 Å². The summed E-state index contributed by atoms with van der Waals surface area (Å²) < 4.78 is 0. The van der Waals surface area contributed by atoms with Crippen LogP contribution < -0.4 is 5.32 Å². The van der Waals surface area contributed by atoms with Crippen molar-refractivity contribution in [3.05, 3.63) is 71.3 Å². The Hall–Kier alpha value is -3.19. The van der Waals surface area contributed by atoms with Crippen molar-refractivity contribution in [2.75, 3.05) is 40.3 Å². The lowest BCUT2D eigenvalue weighted by atomic mass is 9.74. The van der Waals surface area contributed by atoms with Crippen molar-refractivity contribution < 1.29 is 14.4 Å². The Kier molecular flexibility index (Phi) is 8.09. The van der Waals surface area contributed by atoms with Crippen molar-refractivity contribution in [1.29, 1.82) is 0 Å². The SMILES string of the molecule is Cc1cccc(CC(=O)N2CCC([C@]3(CCc4ccccc4)NC(=O)N(CCN(C)C)C3=O)CC2)c1. The zero-order valence-electron chi connectivity index (χ0n) is 21.7. The van der Waals surface area contributed by atoms with Crippen molar-refractivity contribution in [3.63, 3.8) is 0 Å². The summed E-state index contributed by atoms with van der Waals surface area (Å²) in [6.07, 6.45) is 3.05. The van der Waals surface area contributed by atoms with Crippen LogP contribution >= 0.6 is 0 Å². The molecule has 1 atom stereocenters. The number of carbonyl (C=O) groups excluding carboxylic acids is 3. The molecule has 0 aliphatic carbocycles. The number of amides is 4. The molecule has 0 saturated carbocycles. The monoisotopic (exact) mass is 490 g/mol. The van der Waals surface area contributed by atoms with Gasteiger partial charge in [0.05, 0.1) is 6.42 Å². The number of benzene rings is 2. The number of carbonyl (C=O) groups is 3. The van der Waals surface area contributed by atoms with Gasteiger partial charge in [-0.25, -0.2) is 4.79 Å². The molecule has 4 rings (SSSR count). The van der Waals surface area contributed by atoms with E-state index in [1.807, 2.05) is 67.2 Å². The molecule has 1 N–H and O–H groups in total. The minimum Gasteiger partial charge on any atom is -0.342 e. The van der Waals surface area contributed by atoms with Crippen LogP contribution in [0.3, 0.4) is 0 Å². The highest BCUT2D eigenvalue weighted by Gasteiger charge is 2.55. The first-order chi connectivity index (χ1) is 17.3. The molecule has 7 heteroatoms. The van der Waals surface area contributed by atoms with Gasteiger partial charge >= 0.3 is 6.03 Å². The lowest BCUT2D eigenvalue weighted by molar-refractivity contribution is -0.136. The molecule has 0 unspecified atom stereocenters. The van der Waals surface area contributed by atoms with Crippen LogP contribution in [0.2, 0.25) is 0 Å². The van der Waals surface area contributed by atoms with E-state index in [9.17, 15) is 14.4 Å². The Labute approximate surface area is 214 Å². The molecule has 0 spiro atoms. The number of likely N-dealkylation sites (tertiary alicyclic amines) is 1. The highest BCUT2D eigenvalue weighted by molar-refractivity contribution is 6.07. The van der Waals surface area contributed by atoms with E-state index in [1.165, 1.54) is 4.90 Å². The van der Waals surface area contributed by atoms with Crippen molar-refractivity contribution in [1.82, 2.24) is 20.0 Å². The van der Waals surface area contributed by atoms with Gasteiger partial charge in [-0.1, -0.05) is 60.2 Å². The predicted molar refractivity (Wildman–Crippen MR) is 140 cm³/mol. The molecule has 2 fully saturated rings. The van der Waals surface area contributed by atoms with Crippen LogP contribution in [0.25, 0.3) is 0 Å². The summed E-state index contributed by atoms with van der Waals surface area (Å²) in [4.78, 5) is 45.1. The fraction of sp³-hybridized carbons (Fsp3) is 0.483. The van der Waals surface area contributed by atoms with Gasteiger partial charge in [-0.05, 0) is 63.7 Å². The van der Waals surface area contributed by atoms with Crippen LogP contribution in [0.4, 0.5) is 4.79 Å². The van der Waals surface area contributed by atoms with Crippen LogP contribution in [-0.4, -0.2) is 78.4 Å². The number of likely N-dealkylation sites (N-methyl/N-ethyl adjacent to an activating group) is 1. The molecule has 2 heterocycles. The van der Waals surface area contributed by atoms with Gasteiger partial charge in [0, 0.05) is 26.2 Å². The van der Waals surface area contributed by atoms with Crippen LogP contribution in [0.15, 0.2) is 54.6 Å². The molecule has 2 aliphatic heterocycles. The van der Waals surface area contributed by atoms with E-state index in [4.69, 9.17) is 0 Å². The van der Waals surface area contributed by atoms with Crippen LogP contribution in [-0.2, 0) is 22.4 Å². The third kappa shape index (κ3) is 5.78. The first-order valence-electron chi connectivity index (χ1n) is 12.9. The third-order valence-electron chi connectivity index (χ3n) is 7.61. The van der Waals surface area contributed by atoms with Gasteiger partial charge in [0.15, 0.2) is 0 Å². The summed E-state index contributed by atoms with van der Waals surface area (Å²) in [7, 11) is 3.87. The molecular weight excluding hydrogens is 452 g/mol. The van der Waals surface area contributed by atoms with Gasteiger partial charge in [0.2, 0.25) is 5.91 Å². The first kappa shape index (κ1) is 25.9. The summed E-state index contributed by atoms with van der Waals surface area (Å²) in [5.74, 6) is -0.00774. The number of piperidine rings is 1. The minimum absolute atomic E-state index is 0.00922. The Morgan fingerprint density at radius 3 is 2.39 bits per heavy atom. The Bertz CT molecular complexity index is 1080. The van der Waals surface area contributed by atoms with E-state index in [0.717, 1.165) is 16.7 Å². The molecule has 0 radical (unpaired) electrons. The summed E-state index contributed by atoms with van der Waals surface area (Å²) in [6.45, 7) is 4.23. The van der Waals surface area contributed by atoms with E-state index in [-0.39, 0.29) is 23.8 Å². The first-order valence-corrected chi connectivity index (χ1v) is 12.9. The fourth-order valence-electron chi connectivity index (χ4n) is 5.51. The van der Waals surface area contributed by atoms with E-state index in [1.54, 1.807) is 0 Å². The molecule has 2 aliphatic rings. The number of rotatable bonds is 9. The molecule has 7 nitrogen and oxygen atoms in total. The maximum Gasteiger partial charge on any atom is 0.325 e. The molecule has 4 amide bonds. The average Bonchev–Trinajstić information content (AvgIpc) is 3.11. The molecule has 0 aromatic heterocycles. The Morgan fingerprint density at radius 1 is 1.03 bits per heavy atom. The molecular formula is C29H38N4O3. The zero-order chi connectivity index (χ0) is 25.7. The lowest BCUT2D eigenvalue weighted by Gasteiger charge is -2.41. The third-order valence-corrected chi connectivity index (χ3v) is 7.61. The molecule has 192 valence electrons. The normalized spacial score (nSPS) is 20.8. The number of nitrogens with zero attached hydrogens (tertiary/aromatic N) is 3. The quantitative estimate of drug-likeness (QED) is 0.548. The second kappa shape index (κ2) is 11.2. The Balaban J connectivity index is 1.47. The highest BCUT2D eigenvalue weighted by atomic mass is 16.2. The second-order valence-electron chi connectivity index (χ2n) is 10.5. The number of hydrogen-bond acceptors (Lipinski definition) is 4. The average molecular weight is 491 g/mol. The number of aryl methyl sites for hydroxylation is 2. The summed E-state index contributed by atoms with van der Waals surface area (Å²) in [5, 5.41) is 3.14. The molecule has 2 aromatic carbocycles. The molecule has 2 aromatic rings. The van der Waals surface area contributed by atoms with E-state index in [0.29, 0.717) is 58.3 Å². The van der Waals surface area contributed by atoms with Crippen molar-refractivity contribution >= 4 is 17.8 Å². The van der Waals surface area contributed by atoms with E-state index < -0.39 is 5.54 Å². The lowest BCUT2D eigenvalue weighted by Crippen LogP contribution is -2.57. The van der Waals surface area contributed by atoms with Crippen molar-refractivity contribution in [2.45, 2.75) is 44.6 Å². The molecule has 2 saturated heterocycles. The summed E-state index contributed by atoms with van der Waals surface area (Å²) in [5.41, 5.74) is 2.39. The fourth-order valence-corrected chi connectivity index (χ4v) is 5.51. The van der Waals surface area contributed by atoms with E-state index in [2.05, 4.69) is 23.5 Å². The summed E-state index contributed by atoms with van der Waals surface area (Å²) in [6, 6.07) is 17.9. The van der Waals surface area contributed by atoms with Gasteiger partial charge < -0.3 is 15.1 Å². The van der Waals surface area contributed by atoms with E-state index >= 15 is 0 Å². The number of hydrogen-bond donors (Lipinski definition) is 1. The number of nitrogens with one attached hydrogen (secondary N) is 1. The predicted octanol–water partition coefficient (Wildman–Crippen LogP) is 3.26. The van der Waals surface area contributed by atoms with Crippen LogP contribution in [0.1, 0.15) is 36.0 Å². The van der Waals surface area contributed by atoms with Gasteiger partial charge in [-0.2, -0.15) is 0 Å². The minimum atomic E-state index is -0.926. The van der Waals surface area contributed by atoms with Gasteiger partial charge in [-0.3, -0.25) is 14.5 Å². The highest BCUT2D eigenvalue weighted by Crippen LogP contribution is 2.37. The maximum absolute atomic E-state index is 13.8. The smallest absolute Gasteiger partial charge is 0.325 e. The van der Waals surface area contributed by atoms with Crippen molar-refractivity contribution in [2.24, 2.45) is 5.92 Å². The molecule has 36 heavy (non-hydrogen) atoms. The summed E-state index contributed by atoms with van der Waals surface area (Å²) >= 11 is 0. The largest absolute Gasteiger partial charge is 0.342 e. The standard InChI is InChI=1S/C29H38N4O3/c1-22-8-7-11-24(20-22)21-26(34)32-16-13-25(14-17-32)29(15-12-23-9-5-4-6-10-23)27(35)33(28(36)30-29)19-18-31(2)3/h4-11,20,25H,12-19,21H2,1-3H3,(H,30,36)/t29-/m0/s1. The maximum atomic E-state index is 13.8. The second-order valence-corrected chi connectivity index (χ2v) is 10.5. The topological polar surface area (TPSA) is 73.0 Å². The Morgan fingerprint density at radius 2 is 1.72 bits per heavy atom. The number of urea groups is 1. The molecule has 0 bridgehead atoms. The van der Waals surface area contributed by atoms with Crippen molar-refractivity contribution in [3.8, 4) is 0 Å². The zero-order valence-corrected chi connectivity index (χ0v) is 21.7. The van der Waals surface area contributed by atoms with Gasteiger partial charge in [-0.15, -0.1) is 0 Å². The van der Waals surface area contributed by atoms with Gasteiger partial charge in [0.1, 0.15) is 5.54 Å². The van der Waals surface area contributed by atoms with Crippen LogP contribution in [0.5, 0.6) is 0 Å².